The summed E-state index contributed by atoms with van der Waals surface area (Å²) in [4.78, 5) is 32.3. The lowest BCUT2D eigenvalue weighted by atomic mass is 9.94. The molecule has 246 valence electrons. The highest BCUT2D eigenvalue weighted by molar-refractivity contribution is 7.10. The fourth-order valence-electron chi connectivity index (χ4n) is 4.69. The van der Waals surface area contributed by atoms with E-state index in [1.165, 1.54) is 26.2 Å². The molecule has 0 bridgehead atoms. The van der Waals surface area contributed by atoms with Gasteiger partial charge in [0.2, 0.25) is 11.5 Å². The molecule has 3 aromatic heterocycles. The molecular weight excluding hydrogens is 646 g/mol. The minimum absolute atomic E-state index is 0.0962. The van der Waals surface area contributed by atoms with Crippen molar-refractivity contribution < 1.29 is 50.5 Å². The van der Waals surface area contributed by atoms with Gasteiger partial charge in [-0.05, 0) is 38.0 Å². The summed E-state index contributed by atoms with van der Waals surface area (Å²) in [7, 11) is 1.34. The van der Waals surface area contributed by atoms with Crippen LogP contribution in [0.25, 0.3) is 22.3 Å². The number of thiazole rings is 1. The minimum Gasteiger partial charge on any atom is -0.494 e. The molecule has 0 aliphatic heterocycles. The second kappa shape index (κ2) is 12.1. The van der Waals surface area contributed by atoms with Gasteiger partial charge in [-0.2, -0.15) is 31.4 Å². The largest absolute Gasteiger partial charge is 0.494 e. The Labute approximate surface area is 260 Å². The number of nitrogens with zero attached hydrogens (tertiary/aromatic N) is 4. The first-order valence-electron chi connectivity index (χ1n) is 13.7. The van der Waals surface area contributed by atoms with Crippen molar-refractivity contribution in [2.45, 2.75) is 50.2 Å². The van der Waals surface area contributed by atoms with E-state index >= 15 is 0 Å². The SMILES string of the molecule is CCOc1c(CC(N)=O)cc([C@@](O)(CNC(=O)c2cc(OC)c3nn(C4CC4)cc3c2)C(F)(F)F)nc1-c1csc(C(F)(F)F)n1. The molecule has 4 aromatic rings. The number of alkyl halides is 6. The number of ether oxygens (including phenoxy) is 2. The summed E-state index contributed by atoms with van der Waals surface area (Å²) in [5, 5.41) is 17.7. The van der Waals surface area contributed by atoms with Crippen molar-refractivity contribution >= 4 is 34.1 Å². The highest BCUT2D eigenvalue weighted by atomic mass is 32.1. The van der Waals surface area contributed by atoms with Gasteiger partial charge in [-0.1, -0.05) is 0 Å². The number of fused-ring (bicyclic) bond motifs is 1. The van der Waals surface area contributed by atoms with Crippen molar-refractivity contribution in [2.24, 2.45) is 5.73 Å². The Kier molecular flexibility index (Phi) is 8.63. The molecular formula is C28H26F6N6O5S. The van der Waals surface area contributed by atoms with Gasteiger partial charge in [0, 0.05) is 28.1 Å². The van der Waals surface area contributed by atoms with Gasteiger partial charge >= 0.3 is 12.4 Å². The van der Waals surface area contributed by atoms with E-state index in [0.29, 0.717) is 17.0 Å². The van der Waals surface area contributed by atoms with E-state index in [9.17, 15) is 41.0 Å². The average Bonchev–Trinajstić information content (AvgIpc) is 3.52. The monoisotopic (exact) mass is 672 g/mol. The average molecular weight is 673 g/mol. The number of aromatic nitrogens is 4. The lowest BCUT2D eigenvalue weighted by Crippen LogP contribution is -2.51. The highest BCUT2D eigenvalue weighted by Crippen LogP contribution is 2.43. The van der Waals surface area contributed by atoms with E-state index in [1.807, 2.05) is 0 Å². The number of aliphatic hydroxyl groups is 1. The molecule has 0 radical (unpaired) electrons. The second-order valence-electron chi connectivity index (χ2n) is 10.5. The summed E-state index contributed by atoms with van der Waals surface area (Å²) in [6.07, 6.45) is -7.55. The summed E-state index contributed by atoms with van der Waals surface area (Å²) in [6, 6.07) is 3.60. The third-order valence-corrected chi connectivity index (χ3v) is 7.97. The molecule has 1 atom stereocenters. The molecule has 1 aromatic carbocycles. The fraction of sp³-hybridized carbons (Fsp3) is 0.393. The first kappa shape index (κ1) is 32.9. The van der Waals surface area contributed by atoms with E-state index in [0.717, 1.165) is 18.2 Å². The number of methoxy groups -OCH3 is 1. The van der Waals surface area contributed by atoms with Crippen LogP contribution in [0.2, 0.25) is 0 Å². The first-order valence-corrected chi connectivity index (χ1v) is 14.6. The number of pyridine rings is 1. The van der Waals surface area contributed by atoms with Crippen molar-refractivity contribution in [1.29, 1.82) is 0 Å². The quantitative estimate of drug-likeness (QED) is 0.197. The van der Waals surface area contributed by atoms with Crippen LogP contribution < -0.4 is 20.5 Å². The number of benzene rings is 1. The van der Waals surface area contributed by atoms with Crippen LogP contribution in [0.5, 0.6) is 11.5 Å². The first-order chi connectivity index (χ1) is 21.6. The summed E-state index contributed by atoms with van der Waals surface area (Å²) in [6.45, 7) is -0.111. The maximum atomic E-state index is 14.6. The Bertz CT molecular complexity index is 1800. The molecule has 3 heterocycles. The standard InChI is InChI=1S/C28H26F6N6O5S/c1-3-45-23-13(9-20(35)41)8-19(38-22(23)17-11-46-25(37-17)27(29,30)31)26(43,28(32,33)34)12-36-24(42)14-6-15-10-40(16-4-5-16)39-21(15)18(7-14)44-2/h6-8,10-11,16,43H,3-5,9,12H2,1-2H3,(H2,35,41)(H,36,42)/t26-/m0/s1. The second-order valence-corrected chi connectivity index (χ2v) is 11.3. The number of halogens is 6. The Morgan fingerprint density at radius 2 is 1.87 bits per heavy atom. The molecule has 0 spiro atoms. The van der Waals surface area contributed by atoms with E-state index in [4.69, 9.17) is 15.2 Å². The molecule has 1 fully saturated rings. The zero-order valence-electron chi connectivity index (χ0n) is 24.1. The van der Waals surface area contributed by atoms with E-state index in [1.54, 1.807) is 10.9 Å². The van der Waals surface area contributed by atoms with E-state index in [-0.39, 0.29) is 46.6 Å². The summed E-state index contributed by atoms with van der Waals surface area (Å²) >= 11 is 0.157. The van der Waals surface area contributed by atoms with Crippen LogP contribution in [0.15, 0.2) is 29.8 Å². The number of nitrogens with one attached hydrogen (secondary N) is 1. The molecule has 4 N–H and O–H groups in total. The molecule has 1 aliphatic rings. The van der Waals surface area contributed by atoms with Gasteiger partial charge in [-0.15, -0.1) is 11.3 Å². The Morgan fingerprint density at radius 3 is 2.43 bits per heavy atom. The number of amides is 2. The number of carbonyl (C=O) groups is 2. The number of rotatable bonds is 11. The van der Waals surface area contributed by atoms with Crippen LogP contribution in [0, 0.1) is 0 Å². The smallest absolute Gasteiger partial charge is 0.443 e. The van der Waals surface area contributed by atoms with E-state index < -0.39 is 64.8 Å². The van der Waals surface area contributed by atoms with Gasteiger partial charge < -0.3 is 25.6 Å². The molecule has 1 saturated carbocycles. The number of carbonyl (C=O) groups excluding carboxylic acids is 2. The van der Waals surface area contributed by atoms with Crippen LogP contribution in [0.1, 0.15) is 52.4 Å². The van der Waals surface area contributed by atoms with Crippen LogP contribution in [0.3, 0.4) is 0 Å². The predicted octanol–water partition coefficient (Wildman–Crippen LogP) is 4.52. The van der Waals surface area contributed by atoms with Crippen molar-refractivity contribution in [3.05, 3.63) is 51.6 Å². The Morgan fingerprint density at radius 1 is 1.15 bits per heavy atom. The number of primary amides is 1. The molecule has 0 saturated heterocycles. The number of hydrogen-bond acceptors (Lipinski definition) is 9. The molecule has 46 heavy (non-hydrogen) atoms. The lowest BCUT2D eigenvalue weighted by Gasteiger charge is -2.31. The molecule has 11 nitrogen and oxygen atoms in total. The Hall–Kier alpha value is -4.45. The van der Waals surface area contributed by atoms with Crippen LogP contribution in [-0.2, 0) is 23.0 Å². The van der Waals surface area contributed by atoms with Crippen molar-refractivity contribution in [3.8, 4) is 22.9 Å². The normalized spacial score (nSPS) is 15.1. The molecule has 5 rings (SSSR count). The zero-order valence-corrected chi connectivity index (χ0v) is 24.9. The van der Waals surface area contributed by atoms with Crippen LogP contribution >= 0.6 is 11.3 Å². The number of hydrogen-bond donors (Lipinski definition) is 3. The minimum atomic E-state index is -5.49. The van der Waals surface area contributed by atoms with Gasteiger partial charge in [0.05, 0.1) is 38.4 Å². The van der Waals surface area contributed by atoms with Crippen molar-refractivity contribution in [2.75, 3.05) is 20.3 Å². The third kappa shape index (κ3) is 6.44. The van der Waals surface area contributed by atoms with Gasteiger partial charge in [-0.3, -0.25) is 14.3 Å². The maximum Gasteiger partial charge on any atom is 0.443 e. The lowest BCUT2D eigenvalue weighted by molar-refractivity contribution is -0.265. The summed E-state index contributed by atoms with van der Waals surface area (Å²) in [5.74, 6) is -2.18. The van der Waals surface area contributed by atoms with Gasteiger partial charge in [0.1, 0.15) is 22.7 Å². The fourth-order valence-corrected chi connectivity index (χ4v) is 5.36. The molecule has 18 heteroatoms. The number of nitrogens with two attached hydrogens (primary N) is 1. The van der Waals surface area contributed by atoms with Gasteiger partial charge in [0.15, 0.2) is 10.8 Å². The van der Waals surface area contributed by atoms with Crippen molar-refractivity contribution in [3.63, 3.8) is 0 Å². The molecule has 0 unspecified atom stereocenters. The van der Waals surface area contributed by atoms with Gasteiger partial charge in [0.25, 0.3) is 5.91 Å². The molecule has 2 amide bonds. The Balaban J connectivity index is 1.55. The van der Waals surface area contributed by atoms with Crippen molar-refractivity contribution in [1.82, 2.24) is 25.1 Å². The van der Waals surface area contributed by atoms with Crippen LogP contribution in [-0.4, -0.2) is 63.1 Å². The van der Waals surface area contributed by atoms with Crippen LogP contribution in [0.4, 0.5) is 26.3 Å². The highest BCUT2D eigenvalue weighted by Gasteiger charge is 2.57. The molecule has 1 aliphatic carbocycles. The topological polar surface area (TPSA) is 154 Å². The zero-order chi connectivity index (χ0) is 33.6. The third-order valence-electron chi connectivity index (χ3n) is 7.08. The van der Waals surface area contributed by atoms with Gasteiger partial charge in [-0.25, -0.2) is 9.97 Å². The summed E-state index contributed by atoms with van der Waals surface area (Å²) < 4.78 is 96.4. The predicted molar refractivity (Wildman–Crippen MR) is 151 cm³/mol. The maximum absolute atomic E-state index is 14.6. The van der Waals surface area contributed by atoms with E-state index in [2.05, 4.69) is 20.4 Å². The summed E-state index contributed by atoms with van der Waals surface area (Å²) in [5.41, 5.74) is -0.813.